The number of benzene rings is 1. The molecule has 1 aliphatic heterocycles. The van der Waals surface area contributed by atoms with Crippen LogP contribution in [-0.2, 0) is 9.47 Å². The lowest BCUT2D eigenvalue weighted by atomic mass is 10.1. The van der Waals surface area contributed by atoms with Crippen LogP contribution in [0.3, 0.4) is 0 Å². The third-order valence-electron chi connectivity index (χ3n) is 2.71. The molecule has 0 amide bonds. The first-order valence-electron chi connectivity index (χ1n) is 5.70. The fourth-order valence-electron chi connectivity index (χ4n) is 1.74. The van der Waals surface area contributed by atoms with Gasteiger partial charge in [0.2, 0.25) is 0 Å². The van der Waals surface area contributed by atoms with Gasteiger partial charge < -0.3 is 14.2 Å². The Labute approximate surface area is 100 Å². The molecule has 4 heteroatoms. The van der Waals surface area contributed by atoms with Crippen LogP contribution in [0.25, 0.3) is 0 Å². The van der Waals surface area contributed by atoms with Crippen molar-refractivity contribution in [2.75, 3.05) is 20.3 Å². The Morgan fingerprint density at radius 2 is 1.94 bits per heavy atom. The monoisotopic (exact) mass is 236 g/mol. The van der Waals surface area contributed by atoms with Gasteiger partial charge in [-0.15, -0.1) is 0 Å². The van der Waals surface area contributed by atoms with Crippen molar-refractivity contribution < 1.29 is 19.0 Å². The fourth-order valence-corrected chi connectivity index (χ4v) is 1.74. The summed E-state index contributed by atoms with van der Waals surface area (Å²) in [4.78, 5) is 11.8. The summed E-state index contributed by atoms with van der Waals surface area (Å²) in [5, 5.41) is 0. The summed E-state index contributed by atoms with van der Waals surface area (Å²) in [6.07, 6.45) is 0.846. The van der Waals surface area contributed by atoms with E-state index < -0.39 is 0 Å². The second-order valence-electron chi connectivity index (χ2n) is 3.86. The van der Waals surface area contributed by atoms with E-state index in [2.05, 4.69) is 0 Å². The van der Waals surface area contributed by atoms with E-state index in [-0.39, 0.29) is 12.1 Å². The summed E-state index contributed by atoms with van der Waals surface area (Å²) >= 11 is 0. The van der Waals surface area contributed by atoms with Crippen molar-refractivity contribution in [1.82, 2.24) is 0 Å². The molecule has 0 atom stereocenters. The highest BCUT2D eigenvalue weighted by molar-refractivity contribution is 5.96. The Kier molecular flexibility index (Phi) is 4.12. The largest absolute Gasteiger partial charge is 0.497 e. The molecule has 1 fully saturated rings. The van der Waals surface area contributed by atoms with Gasteiger partial charge in [-0.05, 0) is 24.3 Å². The Bertz CT molecular complexity index is 366. The molecule has 92 valence electrons. The standard InChI is InChI=1S/C13H16O4/c1-15-11-4-2-10(3-5-11)12(14)6-7-13-16-8-9-17-13/h2-5,13H,6-9H2,1H3. The van der Waals surface area contributed by atoms with Crippen LogP contribution in [-0.4, -0.2) is 32.4 Å². The highest BCUT2D eigenvalue weighted by atomic mass is 16.7. The van der Waals surface area contributed by atoms with E-state index >= 15 is 0 Å². The number of Topliss-reactive ketones (excluding diaryl/α,β-unsaturated/α-hetero) is 1. The molecule has 0 unspecified atom stereocenters. The van der Waals surface area contributed by atoms with Gasteiger partial charge in [-0.25, -0.2) is 0 Å². The zero-order valence-electron chi connectivity index (χ0n) is 9.85. The summed E-state index contributed by atoms with van der Waals surface area (Å²) in [6, 6.07) is 7.13. The van der Waals surface area contributed by atoms with Crippen LogP contribution in [0.15, 0.2) is 24.3 Å². The minimum Gasteiger partial charge on any atom is -0.497 e. The van der Waals surface area contributed by atoms with E-state index in [0.29, 0.717) is 31.6 Å². The number of ketones is 1. The van der Waals surface area contributed by atoms with Gasteiger partial charge >= 0.3 is 0 Å². The second kappa shape index (κ2) is 5.80. The van der Waals surface area contributed by atoms with Crippen LogP contribution in [0.1, 0.15) is 23.2 Å². The van der Waals surface area contributed by atoms with Crippen LogP contribution in [0.5, 0.6) is 5.75 Å². The van der Waals surface area contributed by atoms with Crippen molar-refractivity contribution in [1.29, 1.82) is 0 Å². The fraction of sp³-hybridized carbons (Fsp3) is 0.462. The number of ether oxygens (including phenoxy) is 3. The minimum absolute atomic E-state index is 0.103. The number of methoxy groups -OCH3 is 1. The molecule has 0 N–H and O–H groups in total. The van der Waals surface area contributed by atoms with E-state index in [4.69, 9.17) is 14.2 Å². The average Bonchev–Trinajstić information content (AvgIpc) is 2.89. The Morgan fingerprint density at radius 1 is 1.29 bits per heavy atom. The highest BCUT2D eigenvalue weighted by Crippen LogP contribution is 2.16. The first-order valence-corrected chi connectivity index (χ1v) is 5.70. The van der Waals surface area contributed by atoms with Crippen LogP contribution < -0.4 is 4.74 Å². The molecule has 0 aliphatic carbocycles. The number of carbonyl (C=O) groups is 1. The lowest BCUT2D eigenvalue weighted by Gasteiger charge is -2.08. The predicted molar refractivity (Wildman–Crippen MR) is 62.3 cm³/mol. The molecule has 1 aliphatic rings. The molecule has 2 rings (SSSR count). The summed E-state index contributed by atoms with van der Waals surface area (Å²) in [5.41, 5.74) is 0.698. The molecular weight excluding hydrogens is 220 g/mol. The molecule has 1 aromatic rings. The summed E-state index contributed by atoms with van der Waals surface area (Å²) < 4.78 is 15.6. The number of hydrogen-bond donors (Lipinski definition) is 0. The molecular formula is C13H16O4. The maximum atomic E-state index is 11.8. The van der Waals surface area contributed by atoms with E-state index in [1.807, 2.05) is 0 Å². The topological polar surface area (TPSA) is 44.8 Å². The van der Waals surface area contributed by atoms with Gasteiger partial charge in [-0.2, -0.15) is 0 Å². The third-order valence-corrected chi connectivity index (χ3v) is 2.71. The second-order valence-corrected chi connectivity index (χ2v) is 3.86. The van der Waals surface area contributed by atoms with E-state index in [0.717, 1.165) is 5.75 Å². The number of carbonyl (C=O) groups excluding carboxylic acids is 1. The maximum absolute atomic E-state index is 11.8. The molecule has 0 aromatic heterocycles. The minimum atomic E-state index is -0.211. The van der Waals surface area contributed by atoms with Crippen molar-refractivity contribution in [3.63, 3.8) is 0 Å². The van der Waals surface area contributed by atoms with E-state index in [1.54, 1.807) is 31.4 Å². The molecule has 0 radical (unpaired) electrons. The summed E-state index contributed by atoms with van der Waals surface area (Å²) in [5.74, 6) is 0.857. The average molecular weight is 236 g/mol. The van der Waals surface area contributed by atoms with Crippen molar-refractivity contribution in [2.45, 2.75) is 19.1 Å². The Hall–Kier alpha value is -1.39. The van der Waals surface area contributed by atoms with Crippen molar-refractivity contribution in [3.05, 3.63) is 29.8 Å². The number of hydrogen-bond acceptors (Lipinski definition) is 4. The van der Waals surface area contributed by atoms with Crippen LogP contribution in [0, 0.1) is 0 Å². The smallest absolute Gasteiger partial charge is 0.163 e. The molecule has 1 saturated heterocycles. The van der Waals surface area contributed by atoms with Gasteiger partial charge in [0.1, 0.15) is 5.75 Å². The first kappa shape index (κ1) is 12.1. The first-order chi connectivity index (χ1) is 8.29. The Morgan fingerprint density at radius 3 is 2.53 bits per heavy atom. The molecule has 1 aromatic carbocycles. The quantitative estimate of drug-likeness (QED) is 0.734. The lowest BCUT2D eigenvalue weighted by molar-refractivity contribution is -0.0464. The zero-order valence-corrected chi connectivity index (χ0v) is 9.85. The lowest BCUT2D eigenvalue weighted by Crippen LogP contribution is -2.10. The molecule has 0 spiro atoms. The molecule has 1 heterocycles. The zero-order chi connectivity index (χ0) is 12.1. The molecule has 0 saturated carbocycles. The van der Waals surface area contributed by atoms with E-state index in [1.165, 1.54) is 0 Å². The van der Waals surface area contributed by atoms with Crippen molar-refractivity contribution in [2.24, 2.45) is 0 Å². The normalized spacial score (nSPS) is 16.1. The van der Waals surface area contributed by atoms with E-state index in [9.17, 15) is 4.79 Å². The van der Waals surface area contributed by atoms with Gasteiger partial charge in [0.05, 0.1) is 20.3 Å². The third kappa shape index (κ3) is 3.28. The summed E-state index contributed by atoms with van der Waals surface area (Å²) in [6.45, 7) is 1.25. The molecule has 0 bridgehead atoms. The van der Waals surface area contributed by atoms with Gasteiger partial charge in [-0.3, -0.25) is 4.79 Å². The highest BCUT2D eigenvalue weighted by Gasteiger charge is 2.17. The number of rotatable bonds is 5. The molecule has 17 heavy (non-hydrogen) atoms. The summed E-state index contributed by atoms with van der Waals surface area (Å²) in [7, 11) is 1.60. The van der Waals surface area contributed by atoms with Gasteiger partial charge in [0, 0.05) is 18.4 Å². The van der Waals surface area contributed by atoms with Crippen LogP contribution >= 0.6 is 0 Å². The molecule has 4 nitrogen and oxygen atoms in total. The Balaban J connectivity index is 1.85. The predicted octanol–water partition coefficient (Wildman–Crippen LogP) is 2.03. The van der Waals surface area contributed by atoms with Crippen molar-refractivity contribution in [3.8, 4) is 5.75 Å². The van der Waals surface area contributed by atoms with Crippen LogP contribution in [0.4, 0.5) is 0 Å². The van der Waals surface area contributed by atoms with Crippen LogP contribution in [0.2, 0.25) is 0 Å². The SMILES string of the molecule is COc1ccc(C(=O)CCC2OCCO2)cc1. The van der Waals surface area contributed by atoms with Gasteiger partial charge in [-0.1, -0.05) is 0 Å². The van der Waals surface area contributed by atoms with Gasteiger partial charge in [0.15, 0.2) is 12.1 Å². The van der Waals surface area contributed by atoms with Crippen molar-refractivity contribution >= 4 is 5.78 Å². The van der Waals surface area contributed by atoms with Gasteiger partial charge in [0.25, 0.3) is 0 Å². The maximum Gasteiger partial charge on any atom is 0.163 e.